The molecule has 1 heterocycles. The Balaban J connectivity index is 2.38. The third kappa shape index (κ3) is 6.39. The summed E-state index contributed by atoms with van der Waals surface area (Å²) < 4.78 is 0. The van der Waals surface area contributed by atoms with E-state index in [1.807, 2.05) is 20.8 Å². The molecule has 0 aliphatic carbocycles. The third-order valence-electron chi connectivity index (χ3n) is 2.65. The number of carbonyl (C=O) groups is 1. The second kappa shape index (κ2) is 7.64. The fourth-order valence-electron chi connectivity index (χ4n) is 1.78. The number of halogens is 1. The second-order valence-electron chi connectivity index (χ2n) is 5.96. The summed E-state index contributed by atoms with van der Waals surface area (Å²) in [7, 11) is 0. The van der Waals surface area contributed by atoms with Gasteiger partial charge in [-0.3, -0.25) is 4.79 Å². The molecule has 1 aromatic heterocycles. The first-order chi connectivity index (χ1) is 9.31. The van der Waals surface area contributed by atoms with Crippen molar-refractivity contribution < 1.29 is 4.79 Å². The molecule has 1 amide bonds. The molecular formula is C14H25ClN4O. The number of amides is 1. The van der Waals surface area contributed by atoms with Crippen LogP contribution in [-0.4, -0.2) is 28.0 Å². The number of carbonyl (C=O) groups excluding carboxylic acids is 1. The number of nitrogens with one attached hydrogen (secondary N) is 3. The fourth-order valence-corrected chi connectivity index (χ4v) is 2.00. The van der Waals surface area contributed by atoms with E-state index in [2.05, 4.69) is 27.5 Å². The highest BCUT2D eigenvalue weighted by Crippen LogP contribution is 2.13. The van der Waals surface area contributed by atoms with Crippen molar-refractivity contribution in [2.45, 2.75) is 59.0 Å². The zero-order valence-corrected chi connectivity index (χ0v) is 13.5. The first kappa shape index (κ1) is 17.0. The Kier molecular flexibility index (Phi) is 6.49. The molecule has 0 saturated heterocycles. The minimum Gasteiger partial charge on any atom is -0.350 e. The number of aromatic amines is 1. The van der Waals surface area contributed by atoms with Crippen LogP contribution in [-0.2, 0) is 17.8 Å². The van der Waals surface area contributed by atoms with E-state index in [4.69, 9.17) is 11.6 Å². The van der Waals surface area contributed by atoms with E-state index in [9.17, 15) is 4.79 Å². The van der Waals surface area contributed by atoms with E-state index in [0.717, 1.165) is 30.8 Å². The van der Waals surface area contributed by atoms with Crippen molar-refractivity contribution in [3.05, 3.63) is 16.7 Å². The number of unbranched alkanes of at least 4 members (excludes halogenated alkanes) is 1. The molecule has 3 N–H and O–H groups in total. The number of hydrogen-bond acceptors (Lipinski definition) is 3. The molecule has 0 saturated carbocycles. The number of nitrogens with zero attached hydrogens (tertiary/aromatic N) is 1. The van der Waals surface area contributed by atoms with Gasteiger partial charge in [0.2, 0.25) is 5.91 Å². The van der Waals surface area contributed by atoms with Crippen LogP contribution in [0.5, 0.6) is 0 Å². The molecule has 0 bridgehead atoms. The molecule has 0 unspecified atom stereocenters. The lowest BCUT2D eigenvalue weighted by Crippen LogP contribution is -2.44. The molecule has 0 aromatic carbocycles. The molecule has 6 heteroatoms. The molecule has 1 aromatic rings. The standard InChI is InChI=1S/C14H25ClN4O/c1-5-6-7-11-17-10(13(15)18-11)8-16-9-12(20)19-14(2,3)4/h16H,5-9H2,1-4H3,(H,17,18)(H,19,20). The maximum Gasteiger partial charge on any atom is 0.234 e. The molecular weight excluding hydrogens is 276 g/mol. The highest BCUT2D eigenvalue weighted by atomic mass is 35.5. The molecule has 0 aliphatic rings. The van der Waals surface area contributed by atoms with Crippen LogP contribution in [0.15, 0.2) is 0 Å². The van der Waals surface area contributed by atoms with Gasteiger partial charge < -0.3 is 15.6 Å². The zero-order valence-electron chi connectivity index (χ0n) is 12.8. The zero-order chi connectivity index (χ0) is 15.2. The molecule has 20 heavy (non-hydrogen) atoms. The Bertz CT molecular complexity index is 437. The summed E-state index contributed by atoms with van der Waals surface area (Å²) in [5.74, 6) is 0.882. The van der Waals surface area contributed by atoms with Gasteiger partial charge in [0.1, 0.15) is 5.82 Å². The smallest absolute Gasteiger partial charge is 0.234 e. The average molecular weight is 301 g/mol. The van der Waals surface area contributed by atoms with Crippen molar-refractivity contribution in [3.63, 3.8) is 0 Å². The van der Waals surface area contributed by atoms with E-state index < -0.39 is 0 Å². The van der Waals surface area contributed by atoms with Gasteiger partial charge in [0.25, 0.3) is 0 Å². The normalized spacial score (nSPS) is 11.7. The van der Waals surface area contributed by atoms with Gasteiger partial charge in [-0.15, -0.1) is 0 Å². The van der Waals surface area contributed by atoms with Crippen molar-refractivity contribution in [3.8, 4) is 0 Å². The van der Waals surface area contributed by atoms with E-state index in [-0.39, 0.29) is 18.0 Å². The minimum absolute atomic E-state index is 0.0284. The molecule has 1 rings (SSSR count). The molecule has 0 atom stereocenters. The highest BCUT2D eigenvalue weighted by molar-refractivity contribution is 6.30. The predicted octanol–water partition coefficient (Wildman–Crippen LogP) is 2.41. The van der Waals surface area contributed by atoms with Crippen LogP contribution in [0.4, 0.5) is 0 Å². The van der Waals surface area contributed by atoms with Crippen LogP contribution in [0.25, 0.3) is 0 Å². The molecule has 114 valence electrons. The van der Waals surface area contributed by atoms with Crippen LogP contribution in [0, 0.1) is 0 Å². The SMILES string of the molecule is CCCCc1nc(Cl)c(CNCC(=O)NC(C)(C)C)[nH]1. The Morgan fingerprint density at radius 1 is 1.40 bits per heavy atom. The minimum atomic E-state index is -0.211. The Hall–Kier alpha value is -1.07. The van der Waals surface area contributed by atoms with Gasteiger partial charge in [0, 0.05) is 18.5 Å². The largest absolute Gasteiger partial charge is 0.350 e. The van der Waals surface area contributed by atoms with Gasteiger partial charge in [-0.2, -0.15) is 0 Å². The van der Waals surface area contributed by atoms with Crippen molar-refractivity contribution in [2.24, 2.45) is 0 Å². The predicted molar refractivity (Wildman–Crippen MR) is 81.8 cm³/mol. The summed E-state index contributed by atoms with van der Waals surface area (Å²) in [5, 5.41) is 6.45. The summed E-state index contributed by atoms with van der Waals surface area (Å²) in [4.78, 5) is 19.1. The van der Waals surface area contributed by atoms with Crippen molar-refractivity contribution in [2.75, 3.05) is 6.54 Å². The summed E-state index contributed by atoms with van der Waals surface area (Å²) in [5.41, 5.74) is 0.624. The Labute approximate surface area is 125 Å². The first-order valence-electron chi connectivity index (χ1n) is 7.07. The van der Waals surface area contributed by atoms with E-state index in [0.29, 0.717) is 11.7 Å². The Morgan fingerprint density at radius 3 is 2.70 bits per heavy atom. The molecule has 0 spiro atoms. The number of rotatable bonds is 7. The van der Waals surface area contributed by atoms with Crippen LogP contribution >= 0.6 is 11.6 Å². The lowest BCUT2D eigenvalue weighted by Gasteiger charge is -2.20. The lowest BCUT2D eigenvalue weighted by atomic mass is 10.1. The van der Waals surface area contributed by atoms with E-state index >= 15 is 0 Å². The first-order valence-corrected chi connectivity index (χ1v) is 7.44. The van der Waals surface area contributed by atoms with Crippen molar-refractivity contribution in [1.82, 2.24) is 20.6 Å². The fraction of sp³-hybridized carbons (Fsp3) is 0.714. The third-order valence-corrected chi connectivity index (χ3v) is 2.96. The number of hydrogen-bond donors (Lipinski definition) is 3. The summed E-state index contributed by atoms with van der Waals surface area (Å²) in [6.45, 7) is 8.78. The maximum atomic E-state index is 11.6. The molecule has 0 fully saturated rings. The maximum absolute atomic E-state index is 11.6. The van der Waals surface area contributed by atoms with Crippen LogP contribution in [0.2, 0.25) is 5.15 Å². The van der Waals surface area contributed by atoms with Gasteiger partial charge in [-0.05, 0) is 27.2 Å². The summed E-state index contributed by atoms with van der Waals surface area (Å²) in [6.07, 6.45) is 3.12. The lowest BCUT2D eigenvalue weighted by molar-refractivity contribution is -0.121. The molecule has 5 nitrogen and oxygen atoms in total. The highest BCUT2D eigenvalue weighted by Gasteiger charge is 2.13. The van der Waals surface area contributed by atoms with Crippen LogP contribution < -0.4 is 10.6 Å². The number of imidazole rings is 1. The average Bonchev–Trinajstić information content (AvgIpc) is 2.65. The topological polar surface area (TPSA) is 69.8 Å². The van der Waals surface area contributed by atoms with Gasteiger partial charge >= 0.3 is 0 Å². The van der Waals surface area contributed by atoms with E-state index in [1.165, 1.54) is 0 Å². The van der Waals surface area contributed by atoms with Gasteiger partial charge in [-0.25, -0.2) is 4.98 Å². The summed E-state index contributed by atoms with van der Waals surface area (Å²) in [6, 6.07) is 0. The molecule has 0 aliphatic heterocycles. The van der Waals surface area contributed by atoms with Gasteiger partial charge in [0.05, 0.1) is 12.2 Å². The second-order valence-corrected chi connectivity index (χ2v) is 6.32. The van der Waals surface area contributed by atoms with Crippen molar-refractivity contribution >= 4 is 17.5 Å². The van der Waals surface area contributed by atoms with Gasteiger partial charge in [-0.1, -0.05) is 24.9 Å². The monoisotopic (exact) mass is 300 g/mol. The Morgan fingerprint density at radius 2 is 2.10 bits per heavy atom. The molecule has 0 radical (unpaired) electrons. The van der Waals surface area contributed by atoms with Crippen molar-refractivity contribution in [1.29, 1.82) is 0 Å². The van der Waals surface area contributed by atoms with E-state index in [1.54, 1.807) is 0 Å². The van der Waals surface area contributed by atoms with Crippen LogP contribution in [0.1, 0.15) is 52.1 Å². The number of aromatic nitrogens is 2. The van der Waals surface area contributed by atoms with Gasteiger partial charge in [0.15, 0.2) is 5.15 Å². The number of aryl methyl sites for hydroxylation is 1. The quantitative estimate of drug-likeness (QED) is 0.724. The number of H-pyrrole nitrogens is 1. The summed E-state index contributed by atoms with van der Waals surface area (Å²) >= 11 is 6.06. The van der Waals surface area contributed by atoms with Crippen LogP contribution in [0.3, 0.4) is 0 Å².